The quantitative estimate of drug-likeness (QED) is 0.905. The van der Waals surface area contributed by atoms with E-state index >= 15 is 0 Å². The molecule has 0 aliphatic rings. The van der Waals surface area contributed by atoms with E-state index in [4.69, 9.17) is 0 Å². The largest absolute Gasteiger partial charge is 0.313 e. The summed E-state index contributed by atoms with van der Waals surface area (Å²) in [7, 11) is 4.03. The van der Waals surface area contributed by atoms with Gasteiger partial charge < -0.3 is 5.32 Å². The van der Waals surface area contributed by atoms with Gasteiger partial charge in [0, 0.05) is 29.7 Å². The number of hydrogen-bond acceptors (Lipinski definition) is 2. The van der Waals surface area contributed by atoms with Crippen molar-refractivity contribution in [1.82, 2.24) is 15.1 Å². The molecule has 1 unspecified atom stereocenters. The Bertz CT molecular complexity index is 589. The van der Waals surface area contributed by atoms with Crippen molar-refractivity contribution in [3.63, 3.8) is 0 Å². The Morgan fingerprint density at radius 2 is 2.10 bits per heavy atom. The number of aryl methyl sites for hydroxylation is 3. The molecule has 0 radical (unpaired) electrons. The summed E-state index contributed by atoms with van der Waals surface area (Å²) in [6.45, 7) is 4.26. The minimum Gasteiger partial charge on any atom is -0.313 e. The molecule has 1 aromatic heterocycles. The fourth-order valence-electron chi connectivity index (χ4n) is 2.44. The van der Waals surface area contributed by atoms with Crippen molar-refractivity contribution < 1.29 is 0 Å². The van der Waals surface area contributed by atoms with E-state index < -0.39 is 0 Å². The molecule has 108 valence electrons. The smallest absolute Gasteiger partial charge is 0.0624 e. The third-order valence-electron chi connectivity index (χ3n) is 3.68. The number of aromatic nitrogens is 2. The minimum absolute atomic E-state index is 0.282. The van der Waals surface area contributed by atoms with Crippen molar-refractivity contribution >= 4 is 15.9 Å². The Morgan fingerprint density at radius 1 is 1.35 bits per heavy atom. The Hall–Kier alpha value is -1.13. The molecule has 1 heterocycles. The number of rotatable bonds is 5. The Labute approximate surface area is 129 Å². The normalized spacial score (nSPS) is 12.7. The molecule has 0 bridgehead atoms. The summed E-state index contributed by atoms with van der Waals surface area (Å²) in [4.78, 5) is 0. The van der Waals surface area contributed by atoms with E-state index in [1.54, 1.807) is 0 Å². The van der Waals surface area contributed by atoms with Crippen molar-refractivity contribution in [2.75, 3.05) is 7.05 Å². The van der Waals surface area contributed by atoms with Crippen LogP contribution in [0.25, 0.3) is 0 Å². The first kappa shape index (κ1) is 15.3. The first-order chi connectivity index (χ1) is 9.55. The summed E-state index contributed by atoms with van der Waals surface area (Å²) in [5, 5.41) is 7.95. The van der Waals surface area contributed by atoms with E-state index in [0.717, 1.165) is 23.0 Å². The summed E-state index contributed by atoms with van der Waals surface area (Å²) in [5.41, 5.74) is 4.99. The first-order valence-corrected chi connectivity index (χ1v) is 7.79. The Kier molecular flexibility index (Phi) is 5.00. The molecule has 1 atom stereocenters. The summed E-state index contributed by atoms with van der Waals surface area (Å²) in [6, 6.07) is 8.97. The average molecular weight is 336 g/mol. The lowest BCUT2D eigenvalue weighted by Crippen LogP contribution is -2.20. The van der Waals surface area contributed by atoms with E-state index in [0.29, 0.717) is 0 Å². The molecule has 0 spiro atoms. The van der Waals surface area contributed by atoms with E-state index in [1.165, 1.54) is 16.8 Å². The molecule has 0 saturated heterocycles. The zero-order chi connectivity index (χ0) is 14.7. The van der Waals surface area contributed by atoms with Crippen molar-refractivity contribution in [2.45, 2.75) is 32.7 Å². The van der Waals surface area contributed by atoms with Gasteiger partial charge in [0.05, 0.1) is 5.69 Å². The van der Waals surface area contributed by atoms with Gasteiger partial charge in [0.2, 0.25) is 0 Å². The number of nitrogens with one attached hydrogen (secondary N) is 1. The third kappa shape index (κ3) is 3.30. The van der Waals surface area contributed by atoms with Gasteiger partial charge in [0.15, 0.2) is 0 Å². The van der Waals surface area contributed by atoms with Gasteiger partial charge in [-0.25, -0.2) is 0 Å². The highest BCUT2D eigenvalue weighted by Crippen LogP contribution is 2.27. The number of nitrogens with zero attached hydrogens (tertiary/aromatic N) is 2. The Balaban J connectivity index is 2.28. The lowest BCUT2D eigenvalue weighted by atomic mass is 10.00. The molecule has 1 aromatic carbocycles. The molecule has 0 saturated carbocycles. The second-order valence-corrected chi connectivity index (χ2v) is 6.03. The van der Waals surface area contributed by atoms with Gasteiger partial charge >= 0.3 is 0 Å². The van der Waals surface area contributed by atoms with Gasteiger partial charge in [-0.05, 0) is 38.1 Å². The van der Waals surface area contributed by atoms with Gasteiger partial charge in [0.1, 0.15) is 0 Å². The third-order valence-corrected chi connectivity index (χ3v) is 4.40. The fraction of sp³-hybridized carbons (Fsp3) is 0.438. The predicted molar refractivity (Wildman–Crippen MR) is 87.0 cm³/mol. The molecule has 2 aromatic rings. The Morgan fingerprint density at radius 3 is 2.70 bits per heavy atom. The number of halogens is 1. The molecule has 0 aliphatic carbocycles. The molecule has 0 fully saturated rings. The fourth-order valence-corrected chi connectivity index (χ4v) is 2.97. The van der Waals surface area contributed by atoms with Gasteiger partial charge in [-0.2, -0.15) is 5.10 Å². The molecule has 20 heavy (non-hydrogen) atoms. The van der Waals surface area contributed by atoms with E-state index in [2.05, 4.69) is 64.5 Å². The maximum absolute atomic E-state index is 4.53. The lowest BCUT2D eigenvalue weighted by Gasteiger charge is -2.19. The van der Waals surface area contributed by atoms with E-state index in [1.807, 2.05) is 18.8 Å². The molecule has 0 amide bonds. The maximum Gasteiger partial charge on any atom is 0.0624 e. The van der Waals surface area contributed by atoms with Gasteiger partial charge in [-0.3, -0.25) is 4.68 Å². The lowest BCUT2D eigenvalue weighted by molar-refractivity contribution is 0.559. The second-order valence-electron chi connectivity index (χ2n) is 5.17. The SMILES string of the molecule is CCc1cc(CC(NC)c2cc(C)ccc2Br)n(C)n1. The summed E-state index contributed by atoms with van der Waals surface area (Å²) in [6.07, 6.45) is 1.91. The van der Waals surface area contributed by atoms with Crippen LogP contribution in [0.4, 0.5) is 0 Å². The number of likely N-dealkylation sites (N-methyl/N-ethyl adjacent to an activating group) is 1. The van der Waals surface area contributed by atoms with Gasteiger partial charge in [0.25, 0.3) is 0 Å². The predicted octanol–water partition coefficient (Wildman–Crippen LogP) is 3.56. The zero-order valence-corrected chi connectivity index (χ0v) is 14.2. The minimum atomic E-state index is 0.282. The maximum atomic E-state index is 4.53. The molecular weight excluding hydrogens is 314 g/mol. The molecule has 1 N–H and O–H groups in total. The molecule has 4 heteroatoms. The van der Waals surface area contributed by atoms with E-state index in [-0.39, 0.29) is 6.04 Å². The zero-order valence-electron chi connectivity index (χ0n) is 12.6. The van der Waals surface area contributed by atoms with Crippen molar-refractivity contribution in [3.05, 3.63) is 51.3 Å². The van der Waals surface area contributed by atoms with Crippen LogP contribution in [0.1, 0.15) is 35.5 Å². The van der Waals surface area contributed by atoms with Crippen LogP contribution in [0.5, 0.6) is 0 Å². The first-order valence-electron chi connectivity index (χ1n) is 7.00. The average Bonchev–Trinajstić information content (AvgIpc) is 2.79. The number of benzene rings is 1. The molecular formula is C16H22BrN3. The van der Waals surface area contributed by atoms with Crippen molar-refractivity contribution in [1.29, 1.82) is 0 Å². The monoisotopic (exact) mass is 335 g/mol. The van der Waals surface area contributed by atoms with Crippen LogP contribution in [-0.2, 0) is 19.9 Å². The number of hydrogen-bond donors (Lipinski definition) is 1. The van der Waals surface area contributed by atoms with Crippen LogP contribution in [0.15, 0.2) is 28.7 Å². The highest BCUT2D eigenvalue weighted by atomic mass is 79.9. The van der Waals surface area contributed by atoms with Gasteiger partial charge in [-0.1, -0.05) is 40.5 Å². The summed E-state index contributed by atoms with van der Waals surface area (Å²) < 4.78 is 3.15. The van der Waals surface area contributed by atoms with E-state index in [9.17, 15) is 0 Å². The van der Waals surface area contributed by atoms with Crippen LogP contribution in [0, 0.1) is 6.92 Å². The van der Waals surface area contributed by atoms with Crippen LogP contribution >= 0.6 is 15.9 Å². The van der Waals surface area contributed by atoms with Crippen molar-refractivity contribution in [2.24, 2.45) is 7.05 Å². The molecule has 0 aliphatic heterocycles. The topological polar surface area (TPSA) is 29.9 Å². The van der Waals surface area contributed by atoms with Crippen LogP contribution in [0.3, 0.4) is 0 Å². The van der Waals surface area contributed by atoms with Crippen LogP contribution in [-0.4, -0.2) is 16.8 Å². The molecule has 2 rings (SSSR count). The van der Waals surface area contributed by atoms with Crippen LogP contribution in [0.2, 0.25) is 0 Å². The summed E-state index contributed by atoms with van der Waals surface area (Å²) in [5.74, 6) is 0. The summed E-state index contributed by atoms with van der Waals surface area (Å²) >= 11 is 3.66. The second kappa shape index (κ2) is 6.55. The standard InChI is InChI=1S/C16H22BrN3/c1-5-12-9-13(20(4)19-12)10-16(18-3)14-8-11(2)6-7-15(14)17/h6-9,16,18H,5,10H2,1-4H3. The van der Waals surface area contributed by atoms with Gasteiger partial charge in [-0.15, -0.1) is 0 Å². The highest BCUT2D eigenvalue weighted by molar-refractivity contribution is 9.10. The highest BCUT2D eigenvalue weighted by Gasteiger charge is 2.16. The van der Waals surface area contributed by atoms with Crippen molar-refractivity contribution in [3.8, 4) is 0 Å². The molecule has 3 nitrogen and oxygen atoms in total. The van der Waals surface area contributed by atoms with Crippen LogP contribution < -0.4 is 5.32 Å².